The first kappa shape index (κ1) is 13.0. The van der Waals surface area contributed by atoms with E-state index in [0.29, 0.717) is 6.04 Å². The minimum Gasteiger partial charge on any atom is -0.315 e. The zero-order chi connectivity index (χ0) is 11.1. The number of hydrogen-bond acceptors (Lipinski definition) is 2. The summed E-state index contributed by atoms with van der Waals surface area (Å²) in [5.74, 6) is 0.765. The van der Waals surface area contributed by atoms with Crippen LogP contribution in [0.1, 0.15) is 46.5 Å². The van der Waals surface area contributed by atoms with Gasteiger partial charge >= 0.3 is 0 Å². The molecule has 0 aromatic carbocycles. The predicted molar refractivity (Wildman–Crippen MR) is 67.2 cm³/mol. The van der Waals surface area contributed by atoms with Gasteiger partial charge in [-0.05, 0) is 45.3 Å². The monoisotopic (exact) mass is 212 g/mol. The van der Waals surface area contributed by atoms with E-state index < -0.39 is 0 Å². The van der Waals surface area contributed by atoms with Crippen LogP contribution in [0.25, 0.3) is 0 Å². The molecule has 1 atom stereocenters. The van der Waals surface area contributed by atoms with Crippen molar-refractivity contribution in [2.24, 2.45) is 5.92 Å². The van der Waals surface area contributed by atoms with Gasteiger partial charge in [0.15, 0.2) is 0 Å². The van der Waals surface area contributed by atoms with Crippen molar-refractivity contribution in [3.8, 4) is 0 Å². The minimum absolute atomic E-state index is 0.710. The highest BCUT2D eigenvalue weighted by atomic mass is 15.2. The van der Waals surface area contributed by atoms with Crippen LogP contribution in [0.15, 0.2) is 0 Å². The third-order valence-corrected chi connectivity index (χ3v) is 3.26. The number of nitrogens with zero attached hydrogens (tertiary/aromatic N) is 1. The van der Waals surface area contributed by atoms with Gasteiger partial charge in [-0.2, -0.15) is 0 Å². The second-order valence-electron chi connectivity index (χ2n) is 5.35. The van der Waals surface area contributed by atoms with Gasteiger partial charge in [0.05, 0.1) is 0 Å². The van der Waals surface area contributed by atoms with E-state index in [0.717, 1.165) is 19.0 Å². The lowest BCUT2D eigenvalue weighted by molar-refractivity contribution is 0.211. The molecule has 0 radical (unpaired) electrons. The molecule has 15 heavy (non-hydrogen) atoms. The van der Waals surface area contributed by atoms with Crippen molar-refractivity contribution in [2.45, 2.75) is 52.5 Å². The van der Waals surface area contributed by atoms with Gasteiger partial charge in [0.2, 0.25) is 0 Å². The molecule has 1 heterocycles. The zero-order valence-corrected chi connectivity index (χ0v) is 10.8. The summed E-state index contributed by atoms with van der Waals surface area (Å²) in [5, 5.41) is 3.56. The van der Waals surface area contributed by atoms with Crippen molar-refractivity contribution >= 4 is 0 Å². The highest BCUT2D eigenvalue weighted by Gasteiger charge is 2.14. The highest BCUT2D eigenvalue weighted by Crippen LogP contribution is 2.11. The normalized spacial score (nSPS) is 21.6. The molecule has 0 bridgehead atoms. The molecule has 1 rings (SSSR count). The summed E-state index contributed by atoms with van der Waals surface area (Å²) in [7, 11) is 0. The Hall–Kier alpha value is -0.0800. The minimum atomic E-state index is 0.710. The van der Waals surface area contributed by atoms with E-state index >= 15 is 0 Å². The topological polar surface area (TPSA) is 15.3 Å². The maximum Gasteiger partial charge on any atom is 0.0192 e. The summed E-state index contributed by atoms with van der Waals surface area (Å²) >= 11 is 0. The lowest BCUT2D eigenvalue weighted by atomic mass is 10.2. The average Bonchev–Trinajstić information content (AvgIpc) is 2.44. The molecular weight excluding hydrogens is 184 g/mol. The lowest BCUT2D eigenvalue weighted by Gasteiger charge is -2.28. The molecule has 1 aliphatic heterocycles. The van der Waals surface area contributed by atoms with Crippen molar-refractivity contribution in [1.82, 2.24) is 10.2 Å². The molecule has 0 aliphatic carbocycles. The van der Waals surface area contributed by atoms with Gasteiger partial charge in [-0.15, -0.1) is 0 Å². The smallest absolute Gasteiger partial charge is 0.0192 e. The van der Waals surface area contributed by atoms with E-state index in [1.54, 1.807) is 0 Å². The molecule has 1 saturated heterocycles. The molecule has 0 spiro atoms. The first-order valence-electron chi connectivity index (χ1n) is 6.65. The van der Waals surface area contributed by atoms with E-state index in [-0.39, 0.29) is 0 Å². The quantitative estimate of drug-likeness (QED) is 0.753. The molecule has 1 aliphatic rings. The standard InChI is InChI=1S/C13H28N2/c1-12(2)10-14-11-13(3)15-8-6-4-5-7-9-15/h12-14H,4-11H2,1-3H3. The van der Waals surface area contributed by atoms with Crippen LogP contribution >= 0.6 is 0 Å². The first-order chi connectivity index (χ1) is 7.20. The third kappa shape index (κ3) is 5.53. The molecule has 0 aromatic heterocycles. The van der Waals surface area contributed by atoms with Gasteiger partial charge in [0.25, 0.3) is 0 Å². The fourth-order valence-corrected chi connectivity index (χ4v) is 2.25. The van der Waals surface area contributed by atoms with Crippen LogP contribution in [0.5, 0.6) is 0 Å². The predicted octanol–water partition coefficient (Wildman–Crippen LogP) is 2.50. The van der Waals surface area contributed by atoms with Crippen molar-refractivity contribution in [3.63, 3.8) is 0 Å². The van der Waals surface area contributed by atoms with Crippen molar-refractivity contribution < 1.29 is 0 Å². The van der Waals surface area contributed by atoms with Crippen molar-refractivity contribution in [3.05, 3.63) is 0 Å². The molecule has 2 nitrogen and oxygen atoms in total. The Morgan fingerprint density at radius 1 is 0.933 bits per heavy atom. The van der Waals surface area contributed by atoms with Gasteiger partial charge < -0.3 is 5.32 Å². The third-order valence-electron chi connectivity index (χ3n) is 3.26. The van der Waals surface area contributed by atoms with E-state index in [4.69, 9.17) is 0 Å². The average molecular weight is 212 g/mol. The Morgan fingerprint density at radius 3 is 2.07 bits per heavy atom. The summed E-state index contributed by atoms with van der Waals surface area (Å²) in [6.45, 7) is 11.8. The van der Waals surface area contributed by atoms with Gasteiger partial charge in [-0.1, -0.05) is 26.7 Å². The fraction of sp³-hybridized carbons (Fsp3) is 1.00. The van der Waals surface area contributed by atoms with Crippen molar-refractivity contribution in [2.75, 3.05) is 26.2 Å². The second-order valence-corrected chi connectivity index (χ2v) is 5.35. The highest BCUT2D eigenvalue weighted by molar-refractivity contribution is 4.72. The maximum atomic E-state index is 3.56. The number of likely N-dealkylation sites (tertiary alicyclic amines) is 1. The van der Waals surface area contributed by atoms with Crippen LogP contribution in [-0.4, -0.2) is 37.1 Å². The van der Waals surface area contributed by atoms with Gasteiger partial charge in [-0.3, -0.25) is 4.90 Å². The molecule has 1 N–H and O–H groups in total. The molecule has 90 valence electrons. The summed E-state index contributed by atoms with van der Waals surface area (Å²) in [4.78, 5) is 2.65. The van der Waals surface area contributed by atoms with E-state index in [9.17, 15) is 0 Å². The van der Waals surface area contributed by atoms with Crippen LogP contribution in [-0.2, 0) is 0 Å². The van der Waals surface area contributed by atoms with Crippen molar-refractivity contribution in [1.29, 1.82) is 0 Å². The zero-order valence-electron chi connectivity index (χ0n) is 10.8. The van der Waals surface area contributed by atoms with Crippen LogP contribution in [0.4, 0.5) is 0 Å². The Balaban J connectivity index is 2.16. The molecule has 0 saturated carbocycles. The first-order valence-corrected chi connectivity index (χ1v) is 6.65. The van der Waals surface area contributed by atoms with Crippen LogP contribution in [0.2, 0.25) is 0 Å². The Morgan fingerprint density at radius 2 is 1.53 bits per heavy atom. The molecule has 1 unspecified atom stereocenters. The van der Waals surface area contributed by atoms with E-state index in [2.05, 4.69) is 31.0 Å². The Bertz CT molecular complexity index is 149. The summed E-state index contributed by atoms with van der Waals surface area (Å²) in [6, 6.07) is 0.710. The summed E-state index contributed by atoms with van der Waals surface area (Å²) in [5.41, 5.74) is 0. The number of nitrogens with one attached hydrogen (secondary N) is 1. The van der Waals surface area contributed by atoms with E-state index in [1.807, 2.05) is 0 Å². The fourth-order valence-electron chi connectivity index (χ4n) is 2.25. The number of rotatable bonds is 5. The lowest BCUT2D eigenvalue weighted by Crippen LogP contribution is -2.41. The van der Waals surface area contributed by atoms with Crippen LogP contribution < -0.4 is 5.32 Å². The largest absolute Gasteiger partial charge is 0.315 e. The second kappa shape index (κ2) is 7.24. The van der Waals surface area contributed by atoms with Gasteiger partial charge in [0, 0.05) is 12.6 Å². The van der Waals surface area contributed by atoms with Gasteiger partial charge in [0.1, 0.15) is 0 Å². The molecule has 1 fully saturated rings. The van der Waals surface area contributed by atoms with E-state index in [1.165, 1.54) is 38.8 Å². The maximum absolute atomic E-state index is 3.56. The van der Waals surface area contributed by atoms with Crippen LogP contribution in [0.3, 0.4) is 0 Å². The SMILES string of the molecule is CC(C)CNCC(C)N1CCCCCC1. The molecule has 0 amide bonds. The summed E-state index contributed by atoms with van der Waals surface area (Å²) in [6.07, 6.45) is 5.66. The molecule has 2 heteroatoms. The number of hydrogen-bond donors (Lipinski definition) is 1. The summed E-state index contributed by atoms with van der Waals surface area (Å²) < 4.78 is 0. The van der Waals surface area contributed by atoms with Crippen LogP contribution in [0, 0.1) is 5.92 Å². The molecule has 0 aromatic rings. The molecular formula is C13H28N2. The Kier molecular flexibility index (Phi) is 6.26. The van der Waals surface area contributed by atoms with Gasteiger partial charge in [-0.25, -0.2) is 0 Å². The Labute approximate surface area is 95.4 Å².